The predicted molar refractivity (Wildman–Crippen MR) is 108 cm³/mol. The topological polar surface area (TPSA) is 49.9 Å². The van der Waals surface area contributed by atoms with Gasteiger partial charge in [0.25, 0.3) is 0 Å². The lowest BCUT2D eigenvalue weighted by Crippen LogP contribution is -2.13. The van der Waals surface area contributed by atoms with Crippen molar-refractivity contribution in [2.45, 2.75) is 45.5 Å². The van der Waals surface area contributed by atoms with E-state index in [2.05, 4.69) is 29.4 Å². The van der Waals surface area contributed by atoms with Gasteiger partial charge in [-0.3, -0.25) is 5.10 Å². The SMILES string of the molecule is CCC(CC)Oc1ccc(NCc2cn[nH]c2-c2ccc(C(F)(F)F)cc2)cc1. The van der Waals surface area contributed by atoms with E-state index in [1.165, 1.54) is 12.1 Å². The number of benzene rings is 2. The summed E-state index contributed by atoms with van der Waals surface area (Å²) in [5.74, 6) is 0.831. The van der Waals surface area contributed by atoms with Crippen LogP contribution in [0.3, 0.4) is 0 Å². The summed E-state index contributed by atoms with van der Waals surface area (Å²) in [6.45, 7) is 4.69. The molecule has 0 unspecified atom stereocenters. The summed E-state index contributed by atoms with van der Waals surface area (Å²) in [5.41, 5.74) is 2.46. The monoisotopic (exact) mass is 403 g/mol. The minimum Gasteiger partial charge on any atom is -0.490 e. The minimum atomic E-state index is -4.35. The molecule has 7 heteroatoms. The maximum absolute atomic E-state index is 12.7. The number of aromatic nitrogens is 2. The zero-order chi connectivity index (χ0) is 20.9. The standard InChI is InChI=1S/C22H24F3N3O/c1-3-19(4-2)29-20-11-9-18(10-12-20)26-13-16-14-27-28-21(16)15-5-7-17(8-6-15)22(23,24)25/h5-12,14,19,26H,3-4,13H2,1-2H3,(H,27,28). The first kappa shape index (κ1) is 20.8. The van der Waals surface area contributed by atoms with E-state index in [1.54, 1.807) is 6.20 Å². The molecule has 2 N–H and O–H groups in total. The highest BCUT2D eigenvalue weighted by atomic mass is 19.4. The summed E-state index contributed by atoms with van der Waals surface area (Å²) in [6, 6.07) is 12.8. The van der Waals surface area contributed by atoms with Crippen LogP contribution in [0.1, 0.15) is 37.8 Å². The Bertz CT molecular complexity index is 898. The summed E-state index contributed by atoms with van der Waals surface area (Å²) in [4.78, 5) is 0. The van der Waals surface area contributed by atoms with Crippen molar-refractivity contribution in [3.8, 4) is 17.0 Å². The number of alkyl halides is 3. The highest BCUT2D eigenvalue weighted by molar-refractivity contribution is 5.63. The van der Waals surface area contributed by atoms with E-state index >= 15 is 0 Å². The number of H-pyrrole nitrogens is 1. The van der Waals surface area contributed by atoms with E-state index < -0.39 is 11.7 Å². The van der Waals surface area contributed by atoms with Gasteiger partial charge in [-0.1, -0.05) is 26.0 Å². The number of halogens is 3. The van der Waals surface area contributed by atoms with Crippen LogP contribution in [0.5, 0.6) is 5.75 Å². The molecule has 4 nitrogen and oxygen atoms in total. The largest absolute Gasteiger partial charge is 0.490 e. The van der Waals surface area contributed by atoms with Crippen molar-refractivity contribution in [3.05, 3.63) is 65.9 Å². The third kappa shape index (κ3) is 5.31. The Labute approximate surface area is 168 Å². The van der Waals surface area contributed by atoms with Crippen LogP contribution in [-0.4, -0.2) is 16.3 Å². The van der Waals surface area contributed by atoms with Crippen LogP contribution >= 0.6 is 0 Å². The van der Waals surface area contributed by atoms with Crippen molar-refractivity contribution < 1.29 is 17.9 Å². The van der Waals surface area contributed by atoms with Gasteiger partial charge in [0, 0.05) is 17.8 Å². The molecule has 0 bridgehead atoms. The zero-order valence-corrected chi connectivity index (χ0v) is 16.4. The van der Waals surface area contributed by atoms with Crippen molar-refractivity contribution in [3.63, 3.8) is 0 Å². The second kappa shape index (κ2) is 9.03. The molecule has 0 fully saturated rings. The van der Waals surface area contributed by atoms with Crippen LogP contribution in [-0.2, 0) is 12.7 Å². The quantitative estimate of drug-likeness (QED) is 0.466. The molecule has 154 valence electrons. The van der Waals surface area contributed by atoms with Gasteiger partial charge in [0.05, 0.1) is 23.6 Å². The minimum absolute atomic E-state index is 0.214. The Kier molecular flexibility index (Phi) is 6.46. The van der Waals surface area contributed by atoms with Crippen LogP contribution in [0.4, 0.5) is 18.9 Å². The molecule has 1 aromatic heterocycles. The predicted octanol–water partition coefficient (Wildman–Crippen LogP) is 6.28. The summed E-state index contributed by atoms with van der Waals surface area (Å²) in [5, 5.41) is 10.2. The first-order valence-electron chi connectivity index (χ1n) is 9.61. The van der Waals surface area contributed by atoms with Crippen LogP contribution in [0, 0.1) is 0 Å². The Balaban J connectivity index is 1.65. The maximum atomic E-state index is 12.7. The molecule has 0 aliphatic carbocycles. The molecule has 0 radical (unpaired) electrons. The van der Waals surface area contributed by atoms with E-state index in [0.29, 0.717) is 17.8 Å². The average molecular weight is 403 g/mol. The van der Waals surface area contributed by atoms with E-state index in [9.17, 15) is 13.2 Å². The molecule has 29 heavy (non-hydrogen) atoms. The Morgan fingerprint density at radius 3 is 2.24 bits per heavy atom. The Morgan fingerprint density at radius 1 is 1.00 bits per heavy atom. The van der Waals surface area contributed by atoms with Gasteiger partial charge in [0.1, 0.15) is 5.75 Å². The van der Waals surface area contributed by atoms with Crippen LogP contribution in [0.15, 0.2) is 54.7 Å². The van der Waals surface area contributed by atoms with Crippen molar-refractivity contribution in [2.75, 3.05) is 5.32 Å². The highest BCUT2D eigenvalue weighted by Gasteiger charge is 2.30. The summed E-state index contributed by atoms with van der Waals surface area (Å²) < 4.78 is 44.2. The van der Waals surface area contributed by atoms with E-state index in [0.717, 1.165) is 42.0 Å². The maximum Gasteiger partial charge on any atom is 0.416 e. The highest BCUT2D eigenvalue weighted by Crippen LogP contribution is 2.31. The van der Waals surface area contributed by atoms with Crippen molar-refractivity contribution in [2.24, 2.45) is 0 Å². The average Bonchev–Trinajstić information content (AvgIpc) is 3.19. The summed E-state index contributed by atoms with van der Waals surface area (Å²) in [7, 11) is 0. The molecular weight excluding hydrogens is 379 g/mol. The molecule has 0 atom stereocenters. The molecule has 1 heterocycles. The lowest BCUT2D eigenvalue weighted by molar-refractivity contribution is -0.137. The molecule has 0 amide bonds. The Morgan fingerprint density at radius 2 is 1.66 bits per heavy atom. The smallest absolute Gasteiger partial charge is 0.416 e. The molecule has 3 aromatic rings. The molecule has 2 aromatic carbocycles. The number of nitrogens with zero attached hydrogens (tertiary/aromatic N) is 1. The second-order valence-corrected chi connectivity index (χ2v) is 6.78. The zero-order valence-electron chi connectivity index (χ0n) is 16.4. The number of anilines is 1. The number of hydrogen-bond acceptors (Lipinski definition) is 3. The number of rotatable bonds is 8. The number of ether oxygens (including phenoxy) is 1. The van der Waals surface area contributed by atoms with Gasteiger partial charge in [0.2, 0.25) is 0 Å². The van der Waals surface area contributed by atoms with Crippen LogP contribution in [0.25, 0.3) is 11.3 Å². The summed E-state index contributed by atoms with van der Waals surface area (Å²) >= 11 is 0. The Hall–Kier alpha value is -2.96. The molecule has 3 rings (SSSR count). The van der Waals surface area contributed by atoms with E-state index in [4.69, 9.17) is 4.74 Å². The normalized spacial score (nSPS) is 11.7. The van der Waals surface area contributed by atoms with Crippen molar-refractivity contribution in [1.29, 1.82) is 0 Å². The number of aromatic amines is 1. The second-order valence-electron chi connectivity index (χ2n) is 6.78. The van der Waals surface area contributed by atoms with Gasteiger partial charge in [-0.25, -0.2) is 0 Å². The van der Waals surface area contributed by atoms with Gasteiger partial charge in [-0.05, 0) is 54.8 Å². The molecule has 0 aliphatic heterocycles. The van der Waals surface area contributed by atoms with Crippen molar-refractivity contribution >= 4 is 5.69 Å². The number of hydrogen-bond donors (Lipinski definition) is 2. The number of nitrogens with one attached hydrogen (secondary N) is 2. The van der Waals surface area contributed by atoms with Crippen molar-refractivity contribution in [1.82, 2.24) is 10.2 Å². The lowest BCUT2D eigenvalue weighted by atomic mass is 10.1. The fourth-order valence-corrected chi connectivity index (χ4v) is 3.02. The van der Waals surface area contributed by atoms with Gasteiger partial charge < -0.3 is 10.1 Å². The molecular formula is C22H24F3N3O. The van der Waals surface area contributed by atoms with Gasteiger partial charge >= 0.3 is 6.18 Å². The fraction of sp³-hybridized carbons (Fsp3) is 0.318. The fourth-order valence-electron chi connectivity index (χ4n) is 3.02. The third-order valence-corrected chi connectivity index (χ3v) is 4.77. The van der Waals surface area contributed by atoms with Crippen LogP contribution in [0.2, 0.25) is 0 Å². The first-order chi connectivity index (χ1) is 13.9. The van der Waals surface area contributed by atoms with Gasteiger partial charge in [-0.15, -0.1) is 0 Å². The third-order valence-electron chi connectivity index (χ3n) is 4.77. The first-order valence-corrected chi connectivity index (χ1v) is 9.61. The summed E-state index contributed by atoms with van der Waals surface area (Å²) in [6.07, 6.45) is -0.537. The van der Waals surface area contributed by atoms with E-state index in [1.807, 2.05) is 24.3 Å². The van der Waals surface area contributed by atoms with Crippen LogP contribution < -0.4 is 10.1 Å². The van der Waals surface area contributed by atoms with Gasteiger partial charge in [-0.2, -0.15) is 18.3 Å². The van der Waals surface area contributed by atoms with E-state index in [-0.39, 0.29) is 6.10 Å². The molecule has 0 spiro atoms. The molecule has 0 aliphatic rings. The molecule has 0 saturated heterocycles. The van der Waals surface area contributed by atoms with Gasteiger partial charge in [0.15, 0.2) is 0 Å². The molecule has 0 saturated carbocycles. The lowest BCUT2D eigenvalue weighted by Gasteiger charge is -2.16.